The van der Waals surface area contributed by atoms with Crippen LogP contribution in [-0.4, -0.2) is 35.9 Å². The van der Waals surface area contributed by atoms with Crippen LogP contribution < -0.4 is 0 Å². The monoisotopic (exact) mass is 276 g/mol. The Hall–Kier alpha value is -1.88. The number of carbonyl (C=O) groups excluding carboxylic acids is 2. The molecule has 0 bridgehead atoms. The van der Waals surface area contributed by atoms with Gasteiger partial charge in [0, 0.05) is 18.3 Å². The Morgan fingerprint density at radius 1 is 1.35 bits per heavy atom. The molecule has 1 N–H and O–H groups in total. The summed E-state index contributed by atoms with van der Waals surface area (Å²) in [7, 11) is 0. The van der Waals surface area contributed by atoms with E-state index >= 15 is 0 Å². The van der Waals surface area contributed by atoms with Gasteiger partial charge >= 0.3 is 11.9 Å². The lowest BCUT2D eigenvalue weighted by Gasteiger charge is -2.18. The summed E-state index contributed by atoms with van der Waals surface area (Å²) in [4.78, 5) is 23.1. The number of aliphatic hydroxyl groups excluding tert-OH is 1. The van der Waals surface area contributed by atoms with Crippen molar-refractivity contribution < 1.29 is 24.2 Å². The molecule has 5 heteroatoms. The molecule has 2 aliphatic rings. The average Bonchev–Trinajstić information content (AvgIpc) is 2.92. The molecule has 0 amide bonds. The molecular formula is C15H16O5. The molecule has 0 spiro atoms. The SMILES string of the molecule is O=C1C[C@@H]2[C@@H](COC(=O)c3ccccc3)[C@H](O)C[C@@H]2O1. The van der Waals surface area contributed by atoms with Crippen LogP contribution in [0.15, 0.2) is 30.3 Å². The summed E-state index contributed by atoms with van der Waals surface area (Å²) in [6, 6.07) is 8.71. The molecule has 1 heterocycles. The molecule has 5 nitrogen and oxygen atoms in total. The van der Waals surface area contributed by atoms with Gasteiger partial charge in [-0.25, -0.2) is 4.79 Å². The smallest absolute Gasteiger partial charge is 0.338 e. The number of fused-ring (bicyclic) bond motifs is 1. The number of hydrogen-bond donors (Lipinski definition) is 1. The Morgan fingerprint density at radius 2 is 2.10 bits per heavy atom. The van der Waals surface area contributed by atoms with Gasteiger partial charge in [-0.1, -0.05) is 18.2 Å². The highest BCUT2D eigenvalue weighted by Crippen LogP contribution is 2.41. The lowest BCUT2D eigenvalue weighted by atomic mass is 9.93. The van der Waals surface area contributed by atoms with Gasteiger partial charge in [0.15, 0.2) is 0 Å². The van der Waals surface area contributed by atoms with Crippen molar-refractivity contribution in [2.45, 2.75) is 25.0 Å². The number of esters is 2. The maximum absolute atomic E-state index is 11.9. The van der Waals surface area contributed by atoms with Crippen molar-refractivity contribution in [1.82, 2.24) is 0 Å². The van der Waals surface area contributed by atoms with Crippen molar-refractivity contribution in [2.75, 3.05) is 6.61 Å². The van der Waals surface area contributed by atoms with Gasteiger partial charge in [0.1, 0.15) is 6.10 Å². The Morgan fingerprint density at radius 3 is 2.85 bits per heavy atom. The average molecular weight is 276 g/mol. The fourth-order valence-corrected chi connectivity index (χ4v) is 3.04. The van der Waals surface area contributed by atoms with E-state index in [4.69, 9.17) is 9.47 Å². The van der Waals surface area contributed by atoms with E-state index in [-0.39, 0.29) is 30.5 Å². The number of benzene rings is 1. The minimum atomic E-state index is -0.582. The summed E-state index contributed by atoms with van der Waals surface area (Å²) in [6.45, 7) is 0.118. The summed E-state index contributed by atoms with van der Waals surface area (Å²) < 4.78 is 10.4. The molecule has 1 aromatic carbocycles. The first kappa shape index (κ1) is 13.1. The quantitative estimate of drug-likeness (QED) is 0.839. The topological polar surface area (TPSA) is 72.8 Å². The standard InChI is InChI=1S/C15H16O5/c16-12-7-13-10(6-14(17)20-13)11(12)8-19-15(18)9-4-2-1-3-5-9/h1-5,10-13,16H,6-8H2/t10-,11-,12-,13+/m1/s1. The molecule has 0 radical (unpaired) electrons. The maximum atomic E-state index is 11.9. The zero-order valence-electron chi connectivity index (χ0n) is 10.9. The van der Waals surface area contributed by atoms with Gasteiger partial charge in [-0.3, -0.25) is 4.79 Å². The first-order valence-corrected chi connectivity index (χ1v) is 6.75. The number of ether oxygens (including phenoxy) is 2. The molecule has 1 aliphatic heterocycles. The van der Waals surface area contributed by atoms with E-state index in [9.17, 15) is 14.7 Å². The summed E-state index contributed by atoms with van der Waals surface area (Å²) >= 11 is 0. The first-order chi connectivity index (χ1) is 9.65. The molecule has 3 rings (SSSR count). The highest BCUT2D eigenvalue weighted by molar-refractivity contribution is 5.89. The van der Waals surface area contributed by atoms with Crippen LogP contribution in [0.2, 0.25) is 0 Å². The van der Waals surface area contributed by atoms with Crippen LogP contribution in [0, 0.1) is 11.8 Å². The Labute approximate surface area is 116 Å². The number of rotatable bonds is 3. The van der Waals surface area contributed by atoms with Crippen LogP contribution in [0.1, 0.15) is 23.2 Å². The molecule has 4 atom stereocenters. The molecule has 0 aromatic heterocycles. The minimum Gasteiger partial charge on any atom is -0.462 e. The second-order valence-corrected chi connectivity index (χ2v) is 5.33. The van der Waals surface area contributed by atoms with Crippen molar-refractivity contribution in [3.63, 3.8) is 0 Å². The van der Waals surface area contributed by atoms with E-state index in [2.05, 4.69) is 0 Å². The van der Waals surface area contributed by atoms with Gasteiger partial charge in [-0.15, -0.1) is 0 Å². The fraction of sp³-hybridized carbons (Fsp3) is 0.467. The number of aliphatic hydroxyl groups is 1. The molecule has 1 aromatic rings. The summed E-state index contributed by atoms with van der Waals surface area (Å²) in [6.07, 6.45) is -0.0706. The Balaban J connectivity index is 1.61. The van der Waals surface area contributed by atoms with Crippen LogP contribution in [0.4, 0.5) is 0 Å². The zero-order chi connectivity index (χ0) is 14.1. The first-order valence-electron chi connectivity index (χ1n) is 6.75. The third-order valence-electron chi connectivity index (χ3n) is 4.10. The van der Waals surface area contributed by atoms with Crippen LogP contribution >= 0.6 is 0 Å². The van der Waals surface area contributed by atoms with E-state index in [1.807, 2.05) is 6.07 Å². The molecule has 20 heavy (non-hydrogen) atoms. The van der Waals surface area contributed by atoms with Gasteiger partial charge in [-0.2, -0.15) is 0 Å². The van der Waals surface area contributed by atoms with Crippen molar-refractivity contribution in [3.8, 4) is 0 Å². The minimum absolute atomic E-state index is 0.0407. The van der Waals surface area contributed by atoms with Gasteiger partial charge in [0.25, 0.3) is 0 Å². The Kier molecular flexibility index (Phi) is 3.44. The lowest BCUT2D eigenvalue weighted by Crippen LogP contribution is -2.26. The summed E-state index contributed by atoms with van der Waals surface area (Å²) in [5.41, 5.74) is 0.482. The van der Waals surface area contributed by atoms with Crippen molar-refractivity contribution in [2.24, 2.45) is 11.8 Å². The second kappa shape index (κ2) is 5.25. The van der Waals surface area contributed by atoms with E-state index in [1.54, 1.807) is 24.3 Å². The largest absolute Gasteiger partial charge is 0.462 e. The fourth-order valence-electron chi connectivity index (χ4n) is 3.04. The summed E-state index contributed by atoms with van der Waals surface area (Å²) in [5.74, 6) is -0.905. The van der Waals surface area contributed by atoms with Crippen molar-refractivity contribution >= 4 is 11.9 Å². The second-order valence-electron chi connectivity index (χ2n) is 5.33. The van der Waals surface area contributed by atoms with Crippen LogP contribution in [-0.2, 0) is 14.3 Å². The number of carbonyl (C=O) groups is 2. The predicted molar refractivity (Wildman–Crippen MR) is 68.8 cm³/mol. The normalized spacial score (nSPS) is 31.8. The molecule has 1 aliphatic carbocycles. The van der Waals surface area contributed by atoms with Crippen LogP contribution in [0.25, 0.3) is 0 Å². The molecule has 0 unspecified atom stereocenters. The van der Waals surface area contributed by atoms with E-state index < -0.39 is 12.1 Å². The van der Waals surface area contributed by atoms with Gasteiger partial charge in [-0.05, 0) is 12.1 Å². The highest BCUT2D eigenvalue weighted by atomic mass is 16.6. The van der Waals surface area contributed by atoms with Crippen molar-refractivity contribution in [3.05, 3.63) is 35.9 Å². The van der Waals surface area contributed by atoms with Gasteiger partial charge < -0.3 is 14.6 Å². The molecule has 1 saturated carbocycles. The van der Waals surface area contributed by atoms with Gasteiger partial charge in [0.05, 0.1) is 24.7 Å². The van der Waals surface area contributed by atoms with E-state index in [1.165, 1.54) is 0 Å². The lowest BCUT2D eigenvalue weighted by molar-refractivity contribution is -0.141. The maximum Gasteiger partial charge on any atom is 0.338 e. The highest BCUT2D eigenvalue weighted by Gasteiger charge is 2.50. The van der Waals surface area contributed by atoms with Crippen LogP contribution in [0.3, 0.4) is 0 Å². The Bertz CT molecular complexity index is 512. The predicted octanol–water partition coefficient (Wildman–Crippen LogP) is 1.16. The molecule has 2 fully saturated rings. The third kappa shape index (κ3) is 2.41. The van der Waals surface area contributed by atoms with E-state index in [0.717, 1.165) is 0 Å². The molecule has 106 valence electrons. The van der Waals surface area contributed by atoms with E-state index in [0.29, 0.717) is 18.4 Å². The van der Waals surface area contributed by atoms with Crippen molar-refractivity contribution in [1.29, 1.82) is 0 Å². The zero-order valence-corrected chi connectivity index (χ0v) is 10.9. The van der Waals surface area contributed by atoms with Crippen LogP contribution in [0.5, 0.6) is 0 Å². The molecular weight excluding hydrogens is 260 g/mol. The van der Waals surface area contributed by atoms with Gasteiger partial charge in [0.2, 0.25) is 0 Å². The summed E-state index contributed by atoms with van der Waals surface area (Å²) in [5, 5.41) is 9.98. The molecule has 1 saturated heterocycles. The third-order valence-corrected chi connectivity index (χ3v) is 4.10. The number of hydrogen-bond acceptors (Lipinski definition) is 5.